The molecule has 2 heterocycles. The Labute approximate surface area is 63.9 Å². The zero-order valence-corrected chi connectivity index (χ0v) is 6.04. The van der Waals surface area contributed by atoms with Gasteiger partial charge < -0.3 is 5.11 Å². The summed E-state index contributed by atoms with van der Waals surface area (Å²) in [7, 11) is 0. The van der Waals surface area contributed by atoms with Crippen molar-refractivity contribution in [2.75, 3.05) is 13.1 Å². The van der Waals surface area contributed by atoms with Crippen molar-refractivity contribution in [1.29, 1.82) is 0 Å². The molecule has 2 rings (SSSR count). The summed E-state index contributed by atoms with van der Waals surface area (Å²) in [5.41, 5.74) is -0.335. The monoisotopic (exact) mass is 158 g/mol. The Hall–Kier alpha value is -0.810. The summed E-state index contributed by atoms with van der Waals surface area (Å²) in [5, 5.41) is 12.5. The number of hydroxylamine groups is 2. The molecule has 0 aliphatic carbocycles. The van der Waals surface area contributed by atoms with Crippen LogP contribution < -0.4 is 5.32 Å². The summed E-state index contributed by atoms with van der Waals surface area (Å²) in [6.45, 7) is 1.38. The molecule has 1 spiro atoms. The number of hydrogen-bond acceptors (Lipinski definition) is 3. The second kappa shape index (κ2) is 2.09. The first-order chi connectivity index (χ1) is 5.22. The van der Waals surface area contributed by atoms with Gasteiger partial charge in [0.2, 0.25) is 0 Å². The van der Waals surface area contributed by atoms with Gasteiger partial charge in [0.25, 0.3) is 0 Å². The van der Waals surface area contributed by atoms with Crippen LogP contribution in [0.4, 0.5) is 4.79 Å². The highest BCUT2D eigenvalue weighted by atomic mass is 16.8. The van der Waals surface area contributed by atoms with E-state index < -0.39 is 6.09 Å². The fourth-order valence-electron chi connectivity index (χ4n) is 1.53. The van der Waals surface area contributed by atoms with Crippen LogP contribution in [0.3, 0.4) is 0 Å². The minimum Gasteiger partial charge on any atom is -0.463 e. The Morgan fingerprint density at radius 1 is 1.73 bits per heavy atom. The van der Waals surface area contributed by atoms with Gasteiger partial charge in [0.15, 0.2) is 5.72 Å². The molecule has 1 atom stereocenters. The van der Waals surface area contributed by atoms with Crippen molar-refractivity contribution in [2.45, 2.75) is 18.6 Å². The van der Waals surface area contributed by atoms with Gasteiger partial charge >= 0.3 is 6.09 Å². The van der Waals surface area contributed by atoms with Crippen molar-refractivity contribution >= 4 is 6.09 Å². The third kappa shape index (κ3) is 0.965. The molecule has 2 fully saturated rings. The van der Waals surface area contributed by atoms with E-state index in [2.05, 4.69) is 5.32 Å². The summed E-state index contributed by atoms with van der Waals surface area (Å²) in [4.78, 5) is 15.4. The average Bonchev–Trinajstić information content (AvgIpc) is 2.29. The Balaban J connectivity index is 1.91. The third-order valence-electron chi connectivity index (χ3n) is 2.10. The van der Waals surface area contributed by atoms with E-state index in [9.17, 15) is 4.79 Å². The highest BCUT2D eigenvalue weighted by molar-refractivity contribution is 5.64. The number of carboxylic acid groups (broad SMARTS) is 1. The highest BCUT2D eigenvalue weighted by Crippen LogP contribution is 2.31. The number of carbonyl (C=O) groups is 1. The van der Waals surface area contributed by atoms with Crippen LogP contribution in [0.25, 0.3) is 0 Å². The van der Waals surface area contributed by atoms with Crippen LogP contribution in [-0.2, 0) is 4.84 Å². The molecule has 11 heavy (non-hydrogen) atoms. The first-order valence-corrected chi connectivity index (χ1v) is 3.66. The van der Waals surface area contributed by atoms with Gasteiger partial charge in [-0.2, -0.15) is 5.06 Å². The van der Waals surface area contributed by atoms with Crippen molar-refractivity contribution in [3.8, 4) is 0 Å². The summed E-state index contributed by atoms with van der Waals surface area (Å²) < 4.78 is 0. The maximum Gasteiger partial charge on any atom is 0.431 e. The lowest BCUT2D eigenvalue weighted by Crippen LogP contribution is -2.65. The Bertz CT molecular complexity index is 180. The second-order valence-corrected chi connectivity index (χ2v) is 2.94. The van der Waals surface area contributed by atoms with Crippen LogP contribution >= 0.6 is 0 Å². The van der Waals surface area contributed by atoms with Crippen molar-refractivity contribution < 1.29 is 14.7 Å². The van der Waals surface area contributed by atoms with E-state index >= 15 is 0 Å². The van der Waals surface area contributed by atoms with Crippen molar-refractivity contribution in [2.24, 2.45) is 0 Å². The Morgan fingerprint density at radius 3 is 2.91 bits per heavy atom. The summed E-state index contributed by atoms with van der Waals surface area (Å²) in [5.74, 6) is 0. The van der Waals surface area contributed by atoms with E-state index in [1.54, 1.807) is 0 Å². The predicted molar refractivity (Wildman–Crippen MR) is 35.8 cm³/mol. The van der Waals surface area contributed by atoms with Crippen LogP contribution in [-0.4, -0.2) is 35.1 Å². The van der Waals surface area contributed by atoms with Crippen molar-refractivity contribution in [1.82, 2.24) is 10.4 Å². The normalized spacial score (nSPS) is 35.8. The standard InChI is InChI=1S/C6H10N2O3/c9-5(10)8-4-6(11-8)2-1-3-7-6/h7H,1-4H2,(H,9,10). The fourth-order valence-corrected chi connectivity index (χ4v) is 1.53. The number of nitrogens with zero attached hydrogens (tertiary/aromatic N) is 1. The topological polar surface area (TPSA) is 61.8 Å². The van der Waals surface area contributed by atoms with Gasteiger partial charge in [0, 0.05) is 0 Å². The zero-order chi connectivity index (χ0) is 7.90. The molecule has 0 aromatic heterocycles. The number of amides is 1. The Morgan fingerprint density at radius 2 is 2.45 bits per heavy atom. The molecule has 62 valence electrons. The van der Waals surface area contributed by atoms with E-state index in [4.69, 9.17) is 9.94 Å². The second-order valence-electron chi connectivity index (χ2n) is 2.94. The van der Waals surface area contributed by atoms with E-state index in [-0.39, 0.29) is 5.72 Å². The quantitative estimate of drug-likeness (QED) is 0.520. The molecule has 1 unspecified atom stereocenters. The molecule has 2 aliphatic heterocycles. The van der Waals surface area contributed by atoms with Crippen molar-refractivity contribution in [3.05, 3.63) is 0 Å². The number of rotatable bonds is 0. The SMILES string of the molecule is O=C(O)N1CC2(CCCN2)O1. The zero-order valence-electron chi connectivity index (χ0n) is 6.04. The molecule has 2 N–H and O–H groups in total. The Kier molecular flexibility index (Phi) is 1.30. The minimum atomic E-state index is -1.01. The molecular weight excluding hydrogens is 148 g/mol. The molecule has 0 saturated carbocycles. The average molecular weight is 158 g/mol. The maximum atomic E-state index is 10.3. The fraction of sp³-hybridized carbons (Fsp3) is 0.833. The van der Waals surface area contributed by atoms with Crippen LogP contribution in [0.15, 0.2) is 0 Å². The van der Waals surface area contributed by atoms with E-state index in [0.29, 0.717) is 6.54 Å². The molecule has 2 saturated heterocycles. The molecule has 1 amide bonds. The van der Waals surface area contributed by atoms with Gasteiger partial charge in [-0.25, -0.2) is 9.63 Å². The van der Waals surface area contributed by atoms with Crippen LogP contribution in [0.2, 0.25) is 0 Å². The molecule has 0 radical (unpaired) electrons. The van der Waals surface area contributed by atoms with Crippen LogP contribution in [0.1, 0.15) is 12.8 Å². The molecule has 5 heteroatoms. The van der Waals surface area contributed by atoms with E-state index in [1.807, 2.05) is 0 Å². The lowest BCUT2D eigenvalue weighted by atomic mass is 10.1. The van der Waals surface area contributed by atoms with Crippen LogP contribution in [0, 0.1) is 0 Å². The molecule has 0 aromatic rings. The van der Waals surface area contributed by atoms with Gasteiger partial charge in [-0.15, -0.1) is 0 Å². The van der Waals surface area contributed by atoms with Gasteiger partial charge in [0.05, 0.1) is 6.54 Å². The summed E-state index contributed by atoms with van der Waals surface area (Å²) in [6, 6.07) is 0. The first kappa shape index (κ1) is 6.87. The minimum absolute atomic E-state index is 0.335. The molecular formula is C6H10N2O3. The van der Waals surface area contributed by atoms with Crippen LogP contribution in [0.5, 0.6) is 0 Å². The smallest absolute Gasteiger partial charge is 0.431 e. The molecule has 0 aromatic carbocycles. The third-order valence-corrected chi connectivity index (χ3v) is 2.10. The van der Waals surface area contributed by atoms with Crippen molar-refractivity contribution in [3.63, 3.8) is 0 Å². The lowest BCUT2D eigenvalue weighted by molar-refractivity contribution is -0.332. The highest BCUT2D eigenvalue weighted by Gasteiger charge is 2.49. The molecule has 5 nitrogen and oxygen atoms in total. The van der Waals surface area contributed by atoms with Gasteiger partial charge in [-0.1, -0.05) is 0 Å². The summed E-state index contributed by atoms with van der Waals surface area (Å²) >= 11 is 0. The van der Waals surface area contributed by atoms with Gasteiger partial charge in [-0.3, -0.25) is 5.32 Å². The van der Waals surface area contributed by atoms with E-state index in [0.717, 1.165) is 24.4 Å². The lowest BCUT2D eigenvalue weighted by Gasteiger charge is -2.44. The summed E-state index contributed by atoms with van der Waals surface area (Å²) in [6.07, 6.45) is 0.967. The number of hydrogen-bond donors (Lipinski definition) is 2. The molecule has 0 bridgehead atoms. The van der Waals surface area contributed by atoms with Gasteiger partial charge in [0.1, 0.15) is 0 Å². The maximum absolute atomic E-state index is 10.3. The van der Waals surface area contributed by atoms with Gasteiger partial charge in [-0.05, 0) is 19.4 Å². The first-order valence-electron chi connectivity index (χ1n) is 3.66. The number of nitrogens with one attached hydrogen (secondary N) is 1. The molecule has 2 aliphatic rings. The predicted octanol–water partition coefficient (Wildman–Crippen LogP) is -0.00870. The largest absolute Gasteiger partial charge is 0.463 e. The van der Waals surface area contributed by atoms with E-state index in [1.165, 1.54) is 0 Å².